The summed E-state index contributed by atoms with van der Waals surface area (Å²) in [6.45, 7) is 0.802. The predicted octanol–water partition coefficient (Wildman–Crippen LogP) is 3.97. The summed E-state index contributed by atoms with van der Waals surface area (Å²) in [4.78, 5) is 14.8. The van der Waals surface area contributed by atoms with Gasteiger partial charge in [0.05, 0.1) is 5.56 Å². The van der Waals surface area contributed by atoms with Crippen molar-refractivity contribution in [1.29, 1.82) is 0 Å². The lowest BCUT2D eigenvalue weighted by atomic mass is 9.83. The van der Waals surface area contributed by atoms with Crippen molar-refractivity contribution in [2.75, 3.05) is 6.54 Å². The van der Waals surface area contributed by atoms with Crippen LogP contribution in [0.3, 0.4) is 0 Å². The number of nitrogens with zero attached hydrogens (tertiary/aromatic N) is 3. The van der Waals surface area contributed by atoms with Gasteiger partial charge >= 0.3 is 0 Å². The summed E-state index contributed by atoms with van der Waals surface area (Å²) in [5, 5.41) is 7.76. The molecule has 4 nitrogen and oxygen atoms in total. The van der Waals surface area contributed by atoms with Gasteiger partial charge in [0, 0.05) is 12.6 Å². The summed E-state index contributed by atoms with van der Waals surface area (Å²) < 4.78 is 0. The van der Waals surface area contributed by atoms with E-state index < -0.39 is 0 Å². The Bertz CT molecular complexity index is 532. The highest BCUT2D eigenvalue weighted by Gasteiger charge is 2.36. The number of halogens is 2. The Kier molecular flexibility index (Phi) is 4.65. The van der Waals surface area contributed by atoms with Gasteiger partial charge in [-0.05, 0) is 37.7 Å². The van der Waals surface area contributed by atoms with Crippen LogP contribution in [0.25, 0.3) is 0 Å². The van der Waals surface area contributed by atoms with Crippen LogP contribution < -0.4 is 0 Å². The average Bonchev–Trinajstić information content (AvgIpc) is 2.99. The Morgan fingerprint density at radius 2 is 1.86 bits per heavy atom. The second-order valence-corrected chi connectivity index (χ2v) is 6.72. The first-order chi connectivity index (χ1) is 10.2. The van der Waals surface area contributed by atoms with Gasteiger partial charge < -0.3 is 4.90 Å². The Morgan fingerprint density at radius 3 is 2.62 bits per heavy atom. The third-order valence-corrected chi connectivity index (χ3v) is 5.17. The fourth-order valence-corrected chi connectivity index (χ4v) is 4.03. The predicted molar refractivity (Wildman–Crippen MR) is 82.7 cm³/mol. The molecule has 0 aromatic carbocycles. The van der Waals surface area contributed by atoms with Crippen LogP contribution in [0.15, 0.2) is 6.07 Å². The number of aromatic nitrogens is 2. The van der Waals surface area contributed by atoms with E-state index in [1.54, 1.807) is 0 Å². The van der Waals surface area contributed by atoms with Crippen LogP contribution in [0.2, 0.25) is 10.3 Å². The molecule has 2 fully saturated rings. The standard InChI is InChI=1S/C15H19Cl2N3O/c16-13-9-11(14(17)19-18-13)15(21)20-8-4-7-12(20)10-5-2-1-3-6-10/h9-10,12H,1-8H2. The second kappa shape index (κ2) is 6.49. The van der Waals surface area contributed by atoms with E-state index in [2.05, 4.69) is 10.2 Å². The number of hydrogen-bond acceptors (Lipinski definition) is 3. The van der Waals surface area contributed by atoms with Gasteiger partial charge in [-0.15, -0.1) is 10.2 Å². The Morgan fingerprint density at radius 1 is 1.10 bits per heavy atom. The van der Waals surface area contributed by atoms with Crippen LogP contribution in [-0.2, 0) is 0 Å². The van der Waals surface area contributed by atoms with E-state index in [1.165, 1.54) is 38.2 Å². The van der Waals surface area contributed by atoms with E-state index in [-0.39, 0.29) is 16.2 Å². The molecule has 114 valence electrons. The third kappa shape index (κ3) is 3.16. The molecule has 1 saturated carbocycles. The highest BCUT2D eigenvalue weighted by Crippen LogP contribution is 2.35. The van der Waals surface area contributed by atoms with Crippen molar-refractivity contribution in [3.05, 3.63) is 21.9 Å². The van der Waals surface area contributed by atoms with Gasteiger partial charge in [0.15, 0.2) is 10.3 Å². The first-order valence-corrected chi connectivity index (χ1v) is 8.42. The number of amides is 1. The summed E-state index contributed by atoms with van der Waals surface area (Å²) in [5.41, 5.74) is 0.374. The van der Waals surface area contributed by atoms with E-state index in [1.807, 2.05) is 4.90 Å². The van der Waals surface area contributed by atoms with Crippen LogP contribution in [0, 0.1) is 5.92 Å². The molecule has 1 saturated heterocycles. The fraction of sp³-hybridized carbons (Fsp3) is 0.667. The quantitative estimate of drug-likeness (QED) is 0.825. The molecule has 1 aliphatic heterocycles. The SMILES string of the molecule is O=C(c1cc(Cl)nnc1Cl)N1CCCC1C1CCCCC1. The van der Waals surface area contributed by atoms with Crippen molar-refractivity contribution in [2.45, 2.75) is 51.0 Å². The van der Waals surface area contributed by atoms with Gasteiger partial charge in [-0.3, -0.25) is 4.79 Å². The molecule has 1 unspecified atom stereocenters. The maximum Gasteiger partial charge on any atom is 0.257 e. The topological polar surface area (TPSA) is 46.1 Å². The number of likely N-dealkylation sites (tertiary alicyclic amines) is 1. The van der Waals surface area contributed by atoms with Crippen LogP contribution in [0.4, 0.5) is 0 Å². The van der Waals surface area contributed by atoms with Crippen molar-refractivity contribution in [2.24, 2.45) is 5.92 Å². The number of carbonyl (C=O) groups excluding carboxylic acids is 1. The van der Waals surface area contributed by atoms with Gasteiger partial charge in [-0.2, -0.15) is 0 Å². The van der Waals surface area contributed by atoms with E-state index in [4.69, 9.17) is 23.2 Å². The Balaban J connectivity index is 1.80. The number of carbonyl (C=O) groups is 1. The molecule has 2 heterocycles. The molecular formula is C15H19Cl2N3O. The normalized spacial score (nSPS) is 23.5. The van der Waals surface area contributed by atoms with Crippen molar-refractivity contribution >= 4 is 29.1 Å². The molecule has 3 rings (SSSR count). The largest absolute Gasteiger partial charge is 0.335 e. The molecule has 21 heavy (non-hydrogen) atoms. The molecule has 1 aliphatic carbocycles. The van der Waals surface area contributed by atoms with Gasteiger partial charge in [0.1, 0.15) is 0 Å². The van der Waals surface area contributed by atoms with Crippen LogP contribution in [0.1, 0.15) is 55.3 Å². The minimum atomic E-state index is -0.0510. The Labute approximate surface area is 134 Å². The molecule has 0 bridgehead atoms. The smallest absolute Gasteiger partial charge is 0.257 e. The van der Waals surface area contributed by atoms with Crippen molar-refractivity contribution < 1.29 is 4.79 Å². The lowest BCUT2D eigenvalue weighted by Gasteiger charge is -2.34. The molecule has 1 aromatic heterocycles. The first kappa shape index (κ1) is 15.0. The minimum Gasteiger partial charge on any atom is -0.335 e. The van der Waals surface area contributed by atoms with Gasteiger partial charge in [-0.25, -0.2) is 0 Å². The highest BCUT2D eigenvalue weighted by atomic mass is 35.5. The molecule has 0 spiro atoms. The lowest BCUT2D eigenvalue weighted by Crippen LogP contribution is -2.41. The zero-order chi connectivity index (χ0) is 14.8. The van der Waals surface area contributed by atoms with Crippen LogP contribution >= 0.6 is 23.2 Å². The second-order valence-electron chi connectivity index (χ2n) is 5.98. The number of hydrogen-bond donors (Lipinski definition) is 0. The van der Waals surface area contributed by atoms with Gasteiger partial charge in [0.25, 0.3) is 5.91 Å². The highest BCUT2D eigenvalue weighted by molar-refractivity contribution is 6.34. The molecule has 1 amide bonds. The Hall–Kier alpha value is -0.870. The summed E-state index contributed by atoms with van der Waals surface area (Å²) in [5.74, 6) is 0.583. The van der Waals surface area contributed by atoms with E-state index in [0.717, 1.165) is 19.4 Å². The van der Waals surface area contributed by atoms with E-state index in [0.29, 0.717) is 17.5 Å². The zero-order valence-electron chi connectivity index (χ0n) is 11.9. The van der Waals surface area contributed by atoms with E-state index in [9.17, 15) is 4.79 Å². The fourth-order valence-electron chi connectivity index (χ4n) is 3.71. The maximum absolute atomic E-state index is 12.8. The summed E-state index contributed by atoms with van der Waals surface area (Å²) in [7, 11) is 0. The van der Waals surface area contributed by atoms with Gasteiger partial charge in [0.2, 0.25) is 0 Å². The minimum absolute atomic E-state index is 0.0510. The molecule has 1 atom stereocenters. The summed E-state index contributed by atoms with van der Waals surface area (Å²) in [6.07, 6.45) is 8.53. The van der Waals surface area contributed by atoms with Crippen LogP contribution in [-0.4, -0.2) is 33.6 Å². The summed E-state index contributed by atoms with van der Waals surface area (Å²) in [6, 6.07) is 1.87. The molecule has 6 heteroatoms. The third-order valence-electron chi connectivity index (χ3n) is 4.70. The molecular weight excluding hydrogens is 309 g/mol. The van der Waals surface area contributed by atoms with Crippen molar-refractivity contribution in [3.63, 3.8) is 0 Å². The van der Waals surface area contributed by atoms with Gasteiger partial charge in [-0.1, -0.05) is 42.5 Å². The average molecular weight is 328 g/mol. The molecule has 0 N–H and O–H groups in total. The molecule has 2 aliphatic rings. The zero-order valence-corrected chi connectivity index (χ0v) is 13.4. The van der Waals surface area contributed by atoms with Crippen molar-refractivity contribution in [1.82, 2.24) is 15.1 Å². The van der Waals surface area contributed by atoms with E-state index >= 15 is 0 Å². The van der Waals surface area contributed by atoms with Crippen molar-refractivity contribution in [3.8, 4) is 0 Å². The number of rotatable bonds is 2. The summed E-state index contributed by atoms with van der Waals surface area (Å²) >= 11 is 11.9. The monoisotopic (exact) mass is 327 g/mol. The molecule has 0 radical (unpaired) electrons. The lowest BCUT2D eigenvalue weighted by molar-refractivity contribution is 0.0661. The maximum atomic E-state index is 12.8. The molecule has 1 aromatic rings. The van der Waals surface area contributed by atoms with Crippen LogP contribution in [0.5, 0.6) is 0 Å². The first-order valence-electron chi connectivity index (χ1n) is 7.66.